The maximum atomic E-state index is 12.9. The number of nitrogens with one attached hydrogen (secondary N) is 1. The zero-order chi connectivity index (χ0) is 18.1. The van der Waals surface area contributed by atoms with Crippen LogP contribution in [0.3, 0.4) is 0 Å². The SMILES string of the molecule is CC(C)(C)NC(=O)[C@H]1CCCN(S(=O)(=O)c2cc(Cl)ccc2Cl)C1. The molecule has 1 amide bonds. The monoisotopic (exact) mass is 392 g/mol. The number of halogens is 2. The molecule has 1 N–H and O–H groups in total. The smallest absolute Gasteiger partial charge is 0.244 e. The summed E-state index contributed by atoms with van der Waals surface area (Å²) in [6.07, 6.45) is 1.29. The molecule has 1 aromatic carbocycles. The summed E-state index contributed by atoms with van der Waals surface area (Å²) in [4.78, 5) is 12.3. The minimum atomic E-state index is -3.79. The molecule has 0 unspecified atom stereocenters. The third-order valence-corrected chi connectivity index (χ3v) is 6.35. The number of hydrogen-bond acceptors (Lipinski definition) is 3. The molecule has 8 heteroatoms. The zero-order valence-corrected chi connectivity index (χ0v) is 16.3. The standard InChI is InChI=1S/C16H22Cl2N2O3S/c1-16(2,3)19-15(21)11-5-4-8-20(10-11)24(22,23)14-9-12(17)6-7-13(14)18/h6-7,9,11H,4-5,8,10H2,1-3H3,(H,19,21)/t11-/m0/s1. The molecular weight excluding hydrogens is 371 g/mol. The van der Waals surface area contributed by atoms with Crippen molar-refractivity contribution in [3.05, 3.63) is 28.2 Å². The van der Waals surface area contributed by atoms with Crippen molar-refractivity contribution in [2.45, 2.75) is 44.0 Å². The maximum absolute atomic E-state index is 12.9. The average Bonchev–Trinajstić information content (AvgIpc) is 2.48. The van der Waals surface area contributed by atoms with Gasteiger partial charge >= 0.3 is 0 Å². The number of carbonyl (C=O) groups is 1. The number of benzene rings is 1. The van der Waals surface area contributed by atoms with Crippen molar-refractivity contribution in [3.63, 3.8) is 0 Å². The lowest BCUT2D eigenvalue weighted by atomic mass is 9.97. The number of nitrogens with zero attached hydrogens (tertiary/aromatic N) is 1. The third-order valence-electron chi connectivity index (χ3n) is 3.76. The molecule has 2 rings (SSSR count). The molecule has 1 heterocycles. The van der Waals surface area contributed by atoms with E-state index in [-0.39, 0.29) is 33.8 Å². The summed E-state index contributed by atoms with van der Waals surface area (Å²) in [5, 5.41) is 3.34. The predicted molar refractivity (Wildman–Crippen MR) is 95.8 cm³/mol. The van der Waals surface area contributed by atoms with E-state index in [2.05, 4.69) is 5.32 Å². The molecule has 0 bridgehead atoms. The van der Waals surface area contributed by atoms with E-state index in [0.29, 0.717) is 24.4 Å². The fraction of sp³-hybridized carbons (Fsp3) is 0.562. The van der Waals surface area contributed by atoms with Crippen LogP contribution in [0.4, 0.5) is 0 Å². The van der Waals surface area contributed by atoms with Gasteiger partial charge in [0.05, 0.1) is 10.9 Å². The van der Waals surface area contributed by atoms with E-state index in [1.165, 1.54) is 16.4 Å². The molecule has 1 aliphatic heterocycles. The lowest BCUT2D eigenvalue weighted by Gasteiger charge is -2.33. The molecular formula is C16H22Cl2N2O3S. The fourth-order valence-corrected chi connectivity index (χ4v) is 4.92. The summed E-state index contributed by atoms with van der Waals surface area (Å²) in [5.41, 5.74) is -0.353. The Hall–Kier alpha value is -0.820. The molecule has 1 aromatic rings. The van der Waals surface area contributed by atoms with Gasteiger partial charge < -0.3 is 5.32 Å². The van der Waals surface area contributed by atoms with Gasteiger partial charge in [0.15, 0.2) is 0 Å². The van der Waals surface area contributed by atoms with Gasteiger partial charge in [0.1, 0.15) is 4.90 Å². The topological polar surface area (TPSA) is 66.5 Å². The molecule has 0 radical (unpaired) electrons. The first-order valence-electron chi connectivity index (χ1n) is 7.78. The van der Waals surface area contributed by atoms with E-state index >= 15 is 0 Å². The molecule has 24 heavy (non-hydrogen) atoms. The second-order valence-electron chi connectivity index (χ2n) is 7.02. The van der Waals surface area contributed by atoms with E-state index in [0.717, 1.165) is 0 Å². The Balaban J connectivity index is 2.22. The van der Waals surface area contributed by atoms with E-state index in [1.54, 1.807) is 6.07 Å². The van der Waals surface area contributed by atoms with Crippen LogP contribution in [-0.2, 0) is 14.8 Å². The Bertz CT molecular complexity index is 729. The van der Waals surface area contributed by atoms with Gasteiger partial charge in [-0.2, -0.15) is 4.31 Å². The number of sulfonamides is 1. The second-order valence-corrected chi connectivity index (χ2v) is 9.77. The third kappa shape index (κ3) is 4.63. The highest BCUT2D eigenvalue weighted by molar-refractivity contribution is 7.89. The number of rotatable bonds is 3. The molecule has 0 spiro atoms. The number of hydrogen-bond donors (Lipinski definition) is 1. The Morgan fingerprint density at radius 2 is 1.96 bits per heavy atom. The van der Waals surface area contributed by atoms with E-state index in [9.17, 15) is 13.2 Å². The highest BCUT2D eigenvalue weighted by atomic mass is 35.5. The molecule has 1 aliphatic rings. The van der Waals surface area contributed by atoms with Crippen molar-refractivity contribution in [1.82, 2.24) is 9.62 Å². The van der Waals surface area contributed by atoms with E-state index < -0.39 is 10.0 Å². The van der Waals surface area contributed by atoms with E-state index in [1.807, 2.05) is 20.8 Å². The first kappa shape index (κ1) is 19.5. The summed E-state index contributed by atoms with van der Waals surface area (Å²) < 4.78 is 27.0. The highest BCUT2D eigenvalue weighted by Gasteiger charge is 2.35. The summed E-state index contributed by atoms with van der Waals surface area (Å²) >= 11 is 12.0. The largest absolute Gasteiger partial charge is 0.351 e. The maximum Gasteiger partial charge on any atom is 0.244 e. The highest BCUT2D eigenvalue weighted by Crippen LogP contribution is 2.30. The molecule has 1 saturated heterocycles. The van der Waals surface area contributed by atoms with Gasteiger partial charge in [0.25, 0.3) is 0 Å². The van der Waals surface area contributed by atoms with Crippen molar-refractivity contribution >= 4 is 39.1 Å². The van der Waals surface area contributed by atoms with Crippen molar-refractivity contribution < 1.29 is 13.2 Å². The van der Waals surface area contributed by atoms with Crippen LogP contribution in [0.25, 0.3) is 0 Å². The van der Waals surface area contributed by atoms with Gasteiger partial charge in [0.2, 0.25) is 15.9 Å². The second kappa shape index (κ2) is 7.20. The molecule has 1 atom stereocenters. The summed E-state index contributed by atoms with van der Waals surface area (Å²) in [7, 11) is -3.79. The molecule has 0 aromatic heterocycles. The van der Waals surface area contributed by atoms with Gasteiger partial charge in [0, 0.05) is 23.7 Å². The minimum Gasteiger partial charge on any atom is -0.351 e. The lowest BCUT2D eigenvalue weighted by Crippen LogP contribution is -2.49. The Kier molecular flexibility index (Phi) is 5.85. The van der Waals surface area contributed by atoms with Crippen LogP contribution in [0.5, 0.6) is 0 Å². The van der Waals surface area contributed by atoms with Gasteiger partial charge in [-0.1, -0.05) is 23.2 Å². The van der Waals surface area contributed by atoms with E-state index in [4.69, 9.17) is 23.2 Å². The minimum absolute atomic E-state index is 0.0199. The molecule has 0 aliphatic carbocycles. The normalized spacial score (nSPS) is 20.0. The van der Waals surface area contributed by atoms with Gasteiger partial charge in [-0.15, -0.1) is 0 Å². The van der Waals surface area contributed by atoms with Crippen LogP contribution >= 0.6 is 23.2 Å². The van der Waals surface area contributed by atoms with Crippen LogP contribution < -0.4 is 5.32 Å². The number of amides is 1. The van der Waals surface area contributed by atoms with Crippen LogP contribution in [0.2, 0.25) is 10.0 Å². The zero-order valence-electron chi connectivity index (χ0n) is 14.0. The molecule has 134 valence electrons. The van der Waals surface area contributed by atoms with Gasteiger partial charge in [-0.3, -0.25) is 4.79 Å². The fourth-order valence-electron chi connectivity index (χ4n) is 2.66. The van der Waals surface area contributed by atoms with Crippen LogP contribution in [-0.4, -0.2) is 37.3 Å². The number of carbonyl (C=O) groups excluding carboxylic acids is 1. The first-order chi connectivity index (χ1) is 11.0. The molecule has 1 fully saturated rings. The summed E-state index contributed by atoms with van der Waals surface area (Å²) in [5.74, 6) is -0.495. The Labute approximate surface area is 153 Å². The van der Waals surface area contributed by atoms with Crippen molar-refractivity contribution in [1.29, 1.82) is 0 Å². The Morgan fingerprint density at radius 3 is 2.58 bits per heavy atom. The Morgan fingerprint density at radius 1 is 1.29 bits per heavy atom. The van der Waals surface area contributed by atoms with Gasteiger partial charge in [-0.25, -0.2) is 8.42 Å². The van der Waals surface area contributed by atoms with Crippen LogP contribution in [0.15, 0.2) is 23.1 Å². The average molecular weight is 393 g/mol. The van der Waals surface area contributed by atoms with Crippen molar-refractivity contribution in [2.24, 2.45) is 5.92 Å². The quantitative estimate of drug-likeness (QED) is 0.857. The van der Waals surface area contributed by atoms with Crippen LogP contribution in [0.1, 0.15) is 33.6 Å². The number of piperidine rings is 1. The van der Waals surface area contributed by atoms with Crippen LogP contribution in [0, 0.1) is 5.92 Å². The lowest BCUT2D eigenvalue weighted by molar-refractivity contribution is -0.127. The molecule has 0 saturated carbocycles. The van der Waals surface area contributed by atoms with Crippen molar-refractivity contribution in [2.75, 3.05) is 13.1 Å². The summed E-state index contributed by atoms with van der Waals surface area (Å²) in [6, 6.07) is 4.35. The van der Waals surface area contributed by atoms with Crippen molar-refractivity contribution in [3.8, 4) is 0 Å². The van der Waals surface area contributed by atoms with Gasteiger partial charge in [-0.05, 0) is 51.8 Å². The predicted octanol–water partition coefficient (Wildman–Crippen LogP) is 3.31. The summed E-state index contributed by atoms with van der Waals surface area (Å²) in [6.45, 7) is 6.20. The molecule has 5 nitrogen and oxygen atoms in total. The first-order valence-corrected chi connectivity index (χ1v) is 9.97.